The third-order valence-corrected chi connectivity index (χ3v) is 5.30. The Bertz CT molecular complexity index is 998. The smallest absolute Gasteiger partial charge is 0.255 e. The summed E-state index contributed by atoms with van der Waals surface area (Å²) in [5.74, 6) is 0.352. The number of nitrogens with one attached hydrogen (secondary N) is 1. The maximum absolute atomic E-state index is 13.5. The first-order valence-corrected chi connectivity index (χ1v) is 9.93. The summed E-state index contributed by atoms with van der Waals surface area (Å²) in [4.78, 5) is 16.9. The van der Waals surface area contributed by atoms with Crippen molar-refractivity contribution in [1.29, 1.82) is 0 Å². The first kappa shape index (κ1) is 19.8. The Hall–Kier alpha value is -3.54. The van der Waals surface area contributed by atoms with Gasteiger partial charge < -0.3 is 19.9 Å². The molecule has 0 aliphatic carbocycles. The van der Waals surface area contributed by atoms with Crippen LogP contribution in [-0.4, -0.2) is 39.2 Å². The molecule has 1 saturated heterocycles. The van der Waals surface area contributed by atoms with E-state index in [9.17, 15) is 9.18 Å². The van der Waals surface area contributed by atoms with Crippen LogP contribution in [0.2, 0.25) is 0 Å². The fraction of sp³-hybridized carbons (Fsp3) is 0.208. The van der Waals surface area contributed by atoms with Gasteiger partial charge in [-0.3, -0.25) is 4.79 Å². The van der Waals surface area contributed by atoms with Crippen molar-refractivity contribution in [3.05, 3.63) is 84.2 Å². The second kappa shape index (κ2) is 8.86. The van der Waals surface area contributed by atoms with Crippen LogP contribution in [0.25, 0.3) is 0 Å². The number of halogens is 1. The zero-order valence-corrected chi connectivity index (χ0v) is 16.8. The molecule has 1 amide bonds. The molecule has 3 aromatic rings. The molecule has 0 bridgehead atoms. The summed E-state index contributed by atoms with van der Waals surface area (Å²) in [6.45, 7) is 3.38. The van der Waals surface area contributed by atoms with Gasteiger partial charge in [0.1, 0.15) is 11.6 Å². The number of benzene rings is 3. The predicted molar refractivity (Wildman–Crippen MR) is 118 cm³/mol. The van der Waals surface area contributed by atoms with E-state index in [1.54, 1.807) is 43.5 Å². The number of rotatable bonds is 5. The maximum Gasteiger partial charge on any atom is 0.255 e. The van der Waals surface area contributed by atoms with Gasteiger partial charge in [0.15, 0.2) is 0 Å². The molecule has 0 aromatic heterocycles. The van der Waals surface area contributed by atoms with E-state index in [1.165, 1.54) is 6.07 Å². The van der Waals surface area contributed by atoms with Crippen molar-refractivity contribution in [1.82, 2.24) is 0 Å². The Morgan fingerprint density at radius 3 is 2.10 bits per heavy atom. The van der Waals surface area contributed by atoms with Crippen LogP contribution in [0.5, 0.6) is 5.75 Å². The molecule has 1 N–H and O–H groups in total. The lowest BCUT2D eigenvalue weighted by molar-refractivity contribution is 0.102. The molecule has 154 valence electrons. The van der Waals surface area contributed by atoms with Gasteiger partial charge >= 0.3 is 0 Å². The van der Waals surface area contributed by atoms with E-state index in [-0.39, 0.29) is 11.7 Å². The van der Waals surface area contributed by atoms with Gasteiger partial charge in [0.05, 0.1) is 7.11 Å². The normalized spacial score (nSPS) is 13.8. The Balaban J connectivity index is 1.34. The highest BCUT2D eigenvalue weighted by atomic mass is 19.1. The minimum atomic E-state index is -0.206. The summed E-state index contributed by atoms with van der Waals surface area (Å²) in [6, 6.07) is 21.6. The molecule has 0 spiro atoms. The monoisotopic (exact) mass is 405 g/mol. The molecule has 5 nitrogen and oxygen atoms in total. The largest absolute Gasteiger partial charge is 0.497 e. The molecule has 1 fully saturated rings. The number of ether oxygens (including phenoxy) is 1. The lowest BCUT2D eigenvalue weighted by Crippen LogP contribution is -2.46. The molecule has 30 heavy (non-hydrogen) atoms. The Kier molecular flexibility index (Phi) is 5.84. The second-order valence-corrected chi connectivity index (χ2v) is 7.18. The van der Waals surface area contributed by atoms with Gasteiger partial charge in [-0.15, -0.1) is 0 Å². The van der Waals surface area contributed by atoms with Gasteiger partial charge in [-0.1, -0.05) is 6.07 Å². The lowest BCUT2D eigenvalue weighted by Gasteiger charge is -2.37. The van der Waals surface area contributed by atoms with Gasteiger partial charge in [0, 0.05) is 48.8 Å². The highest BCUT2D eigenvalue weighted by molar-refractivity contribution is 6.04. The third-order valence-electron chi connectivity index (χ3n) is 5.30. The van der Waals surface area contributed by atoms with Gasteiger partial charge in [-0.2, -0.15) is 0 Å². The van der Waals surface area contributed by atoms with Gasteiger partial charge in [0.25, 0.3) is 5.91 Å². The minimum absolute atomic E-state index is 0.158. The fourth-order valence-electron chi connectivity index (χ4n) is 3.60. The molecule has 4 rings (SSSR count). The maximum atomic E-state index is 13.5. The number of carbonyl (C=O) groups is 1. The van der Waals surface area contributed by atoms with Gasteiger partial charge in [-0.05, 0) is 66.7 Å². The molecule has 0 atom stereocenters. The van der Waals surface area contributed by atoms with E-state index >= 15 is 0 Å². The van der Waals surface area contributed by atoms with E-state index in [1.807, 2.05) is 30.3 Å². The SMILES string of the molecule is COc1ccc(C(=O)Nc2ccc(N3CCN(c4cccc(F)c4)CC3)cc2)cc1. The van der Waals surface area contributed by atoms with Gasteiger partial charge in [0.2, 0.25) is 0 Å². The van der Waals surface area contributed by atoms with Crippen LogP contribution in [0.4, 0.5) is 21.5 Å². The van der Waals surface area contributed by atoms with Crippen LogP contribution in [-0.2, 0) is 0 Å². The van der Waals surface area contributed by atoms with Crippen molar-refractivity contribution in [3.8, 4) is 5.75 Å². The van der Waals surface area contributed by atoms with Crippen molar-refractivity contribution in [2.24, 2.45) is 0 Å². The summed E-state index contributed by atoms with van der Waals surface area (Å²) in [7, 11) is 1.60. The number of carbonyl (C=O) groups excluding carboxylic acids is 1. The van der Waals surface area contributed by atoms with E-state index in [4.69, 9.17) is 4.74 Å². The molecule has 0 saturated carbocycles. The highest BCUT2D eigenvalue weighted by Crippen LogP contribution is 2.23. The average Bonchev–Trinajstić information content (AvgIpc) is 2.80. The number of methoxy groups -OCH3 is 1. The van der Waals surface area contributed by atoms with Crippen LogP contribution >= 0.6 is 0 Å². The minimum Gasteiger partial charge on any atom is -0.497 e. The number of nitrogens with zero attached hydrogens (tertiary/aromatic N) is 2. The van der Waals surface area contributed by atoms with Gasteiger partial charge in [-0.25, -0.2) is 4.39 Å². The van der Waals surface area contributed by atoms with Crippen LogP contribution in [0.15, 0.2) is 72.8 Å². The summed E-state index contributed by atoms with van der Waals surface area (Å²) in [6.07, 6.45) is 0. The van der Waals surface area contributed by atoms with E-state index in [0.29, 0.717) is 11.3 Å². The molecular formula is C24H24FN3O2. The zero-order valence-electron chi connectivity index (χ0n) is 16.8. The average molecular weight is 405 g/mol. The standard InChI is InChI=1S/C24H24FN3O2/c1-30-23-11-5-18(6-12-23)24(29)26-20-7-9-21(10-8-20)27-13-15-28(16-14-27)22-4-2-3-19(25)17-22/h2-12,17H,13-16H2,1H3,(H,26,29). The van der Waals surface area contributed by atoms with Crippen molar-refractivity contribution in [2.45, 2.75) is 0 Å². The predicted octanol–water partition coefficient (Wildman–Crippen LogP) is 4.41. The van der Waals surface area contributed by atoms with E-state index in [2.05, 4.69) is 15.1 Å². The van der Waals surface area contributed by atoms with Crippen molar-refractivity contribution < 1.29 is 13.9 Å². The quantitative estimate of drug-likeness (QED) is 0.683. The first-order valence-electron chi connectivity index (χ1n) is 9.93. The third kappa shape index (κ3) is 4.54. The molecule has 0 radical (unpaired) electrons. The number of amides is 1. The molecule has 1 heterocycles. The molecular weight excluding hydrogens is 381 g/mol. The van der Waals surface area contributed by atoms with Crippen LogP contribution in [0, 0.1) is 5.82 Å². The molecule has 1 aliphatic rings. The number of anilines is 3. The Morgan fingerprint density at radius 1 is 0.867 bits per heavy atom. The first-order chi connectivity index (χ1) is 14.6. The number of piperazine rings is 1. The van der Waals surface area contributed by atoms with E-state index in [0.717, 1.165) is 43.2 Å². The molecule has 1 aliphatic heterocycles. The topological polar surface area (TPSA) is 44.8 Å². The zero-order chi connectivity index (χ0) is 20.9. The summed E-state index contributed by atoms with van der Waals surface area (Å²) in [5, 5.41) is 2.92. The Labute approximate surface area is 175 Å². The number of hydrogen-bond acceptors (Lipinski definition) is 4. The van der Waals surface area contributed by atoms with Crippen molar-refractivity contribution in [2.75, 3.05) is 48.4 Å². The van der Waals surface area contributed by atoms with Crippen LogP contribution in [0.3, 0.4) is 0 Å². The molecule has 0 unspecified atom stereocenters. The second-order valence-electron chi connectivity index (χ2n) is 7.18. The summed E-state index contributed by atoms with van der Waals surface area (Å²) < 4.78 is 18.6. The fourth-order valence-corrected chi connectivity index (χ4v) is 3.60. The van der Waals surface area contributed by atoms with Crippen LogP contribution in [0.1, 0.15) is 10.4 Å². The lowest BCUT2D eigenvalue weighted by atomic mass is 10.2. The summed E-state index contributed by atoms with van der Waals surface area (Å²) >= 11 is 0. The highest BCUT2D eigenvalue weighted by Gasteiger charge is 2.18. The molecule has 6 heteroatoms. The Morgan fingerprint density at radius 2 is 1.50 bits per heavy atom. The number of hydrogen-bond donors (Lipinski definition) is 1. The van der Waals surface area contributed by atoms with Crippen LogP contribution < -0.4 is 19.9 Å². The van der Waals surface area contributed by atoms with Crippen molar-refractivity contribution in [3.63, 3.8) is 0 Å². The summed E-state index contributed by atoms with van der Waals surface area (Å²) in [5.41, 5.74) is 3.36. The van der Waals surface area contributed by atoms with Crippen molar-refractivity contribution >= 4 is 23.0 Å². The molecule has 3 aromatic carbocycles. The van der Waals surface area contributed by atoms with E-state index < -0.39 is 0 Å².